The minimum Gasteiger partial charge on any atom is -0.473 e. The summed E-state index contributed by atoms with van der Waals surface area (Å²) in [6.45, 7) is 20.7. The summed E-state index contributed by atoms with van der Waals surface area (Å²) in [4.78, 5) is 0. The van der Waals surface area contributed by atoms with E-state index in [4.69, 9.17) is 0 Å². The van der Waals surface area contributed by atoms with Gasteiger partial charge in [-0.05, 0) is 23.3 Å². The zero-order valence-corrected chi connectivity index (χ0v) is 17.2. The van der Waals surface area contributed by atoms with E-state index in [0.29, 0.717) is 0 Å². The quantitative estimate of drug-likeness (QED) is 0.324. The Morgan fingerprint density at radius 2 is 0.767 bits per heavy atom. The van der Waals surface area contributed by atoms with Gasteiger partial charge in [0.05, 0.1) is 12.5 Å². The third kappa shape index (κ3) is 24.8. The van der Waals surface area contributed by atoms with Crippen LogP contribution in [0.25, 0.3) is 12.2 Å². The summed E-state index contributed by atoms with van der Waals surface area (Å²) in [5.41, 5.74) is 2.35. The Bertz CT molecular complexity index is 672. The van der Waals surface area contributed by atoms with Crippen molar-refractivity contribution in [2.24, 2.45) is 0 Å². The van der Waals surface area contributed by atoms with Gasteiger partial charge in [-0.25, -0.2) is 0 Å². The van der Waals surface area contributed by atoms with E-state index in [9.17, 15) is 0 Å². The number of allylic oxidation sites excluding steroid dienone is 4. The van der Waals surface area contributed by atoms with E-state index in [1.165, 1.54) is 11.1 Å². The van der Waals surface area contributed by atoms with Gasteiger partial charge >= 0.3 is 18.9 Å². The van der Waals surface area contributed by atoms with Gasteiger partial charge in [0.15, 0.2) is 0 Å². The van der Waals surface area contributed by atoms with Crippen LogP contribution in [0.2, 0.25) is 0 Å². The first-order valence-electron chi connectivity index (χ1n) is 8.99. The number of rotatable bonds is 4. The topological polar surface area (TPSA) is 13.1 Å². The van der Waals surface area contributed by atoms with Crippen molar-refractivity contribution in [3.63, 3.8) is 0 Å². The zero-order valence-electron chi connectivity index (χ0n) is 17.2. The van der Waals surface area contributed by atoms with Gasteiger partial charge in [0.25, 0.3) is 0 Å². The summed E-state index contributed by atoms with van der Waals surface area (Å²) >= 11 is 0. The molecule has 1 heterocycles. The van der Waals surface area contributed by atoms with Gasteiger partial charge in [0.1, 0.15) is 0 Å². The summed E-state index contributed by atoms with van der Waals surface area (Å²) < 4.78 is 4.58. The van der Waals surface area contributed by atoms with E-state index >= 15 is 0 Å². The second kappa shape index (κ2) is 28.0. The van der Waals surface area contributed by atoms with Crippen molar-refractivity contribution in [3.05, 3.63) is 160 Å². The molecular formula is C28H33LiO. The maximum atomic E-state index is 4.58. The first-order valence-corrected chi connectivity index (χ1v) is 8.99. The van der Waals surface area contributed by atoms with Gasteiger partial charge in [0, 0.05) is 0 Å². The molecule has 0 radical (unpaired) electrons. The van der Waals surface area contributed by atoms with Gasteiger partial charge in [-0.15, -0.1) is 0 Å². The summed E-state index contributed by atoms with van der Waals surface area (Å²) in [7, 11) is 0. The average Bonchev–Trinajstić information content (AvgIpc) is 3.41. The normalized spacial score (nSPS) is 7.20. The van der Waals surface area contributed by atoms with Crippen LogP contribution in [0.15, 0.2) is 154 Å². The molecule has 3 aromatic rings. The molecule has 0 amide bonds. The van der Waals surface area contributed by atoms with Crippen LogP contribution in [-0.2, 0) is 0 Å². The maximum absolute atomic E-state index is 4.58. The first kappa shape index (κ1) is 31.5. The molecule has 0 aliphatic carbocycles. The van der Waals surface area contributed by atoms with Gasteiger partial charge in [0.2, 0.25) is 0 Å². The molecule has 0 aliphatic rings. The molecule has 30 heavy (non-hydrogen) atoms. The average molecular weight is 393 g/mol. The molecule has 0 aliphatic heterocycles. The van der Waals surface area contributed by atoms with Gasteiger partial charge in [-0.3, -0.25) is 0 Å². The summed E-state index contributed by atoms with van der Waals surface area (Å²) in [5, 5.41) is 0. The van der Waals surface area contributed by atoms with Gasteiger partial charge < -0.3 is 4.42 Å². The van der Waals surface area contributed by atoms with Crippen LogP contribution in [0, 0.1) is 0 Å². The molecule has 2 aromatic carbocycles. The standard InChI is InChI=1S/2C8H8.C4H4O.2C4H6.Li.H/c2*1-2-8-6-4-3-5-7-8;1-2-4-5-3-1;2*1-3-4-2;;/h2*2-7H,1H2;1-4H;2*3-4H,1-2H2;;. The maximum Gasteiger partial charge on any atom is 0.0902 e. The molecule has 152 valence electrons. The Labute approximate surface area is 195 Å². The van der Waals surface area contributed by atoms with Gasteiger partial charge in [-0.1, -0.05) is 137 Å². The van der Waals surface area contributed by atoms with E-state index in [2.05, 4.69) is 43.9 Å². The molecule has 0 unspecified atom stereocenters. The summed E-state index contributed by atoms with van der Waals surface area (Å²) in [5.74, 6) is 0. The van der Waals surface area contributed by atoms with Crippen molar-refractivity contribution in [1.29, 1.82) is 0 Å². The third-order valence-electron chi connectivity index (χ3n) is 2.83. The molecule has 0 bridgehead atoms. The number of hydrogen-bond donors (Lipinski definition) is 0. The van der Waals surface area contributed by atoms with E-state index in [1.54, 1.807) is 36.8 Å². The molecule has 1 aromatic heterocycles. The molecular weight excluding hydrogens is 359 g/mol. The van der Waals surface area contributed by atoms with E-state index in [1.807, 2.05) is 84.9 Å². The van der Waals surface area contributed by atoms with Crippen molar-refractivity contribution in [1.82, 2.24) is 0 Å². The largest absolute Gasteiger partial charge is 0.473 e. The molecule has 0 N–H and O–H groups in total. The Hall–Kier alpha value is -3.24. The fourth-order valence-corrected chi connectivity index (χ4v) is 1.41. The van der Waals surface area contributed by atoms with Crippen LogP contribution < -0.4 is 0 Å². The number of furan rings is 1. The van der Waals surface area contributed by atoms with Crippen LogP contribution in [0.4, 0.5) is 0 Å². The fourth-order valence-electron chi connectivity index (χ4n) is 1.41. The van der Waals surface area contributed by atoms with Crippen LogP contribution in [0.3, 0.4) is 0 Å². The predicted molar refractivity (Wildman–Crippen MR) is 140 cm³/mol. The van der Waals surface area contributed by atoms with Crippen LogP contribution in [0.5, 0.6) is 0 Å². The van der Waals surface area contributed by atoms with Crippen molar-refractivity contribution in [3.8, 4) is 0 Å². The van der Waals surface area contributed by atoms with Crippen molar-refractivity contribution >= 4 is 31.0 Å². The Morgan fingerprint density at radius 3 is 0.900 bits per heavy atom. The SMILES string of the molecule is C=CC=C.C=CC=C.C=Cc1ccccc1.C=Cc1ccccc1.[LiH].c1ccoc1. The number of benzene rings is 2. The molecule has 0 atom stereocenters. The van der Waals surface area contributed by atoms with E-state index in [0.717, 1.165) is 0 Å². The number of hydrogen-bond acceptors (Lipinski definition) is 1. The van der Waals surface area contributed by atoms with Crippen LogP contribution in [-0.4, -0.2) is 18.9 Å². The Balaban J connectivity index is -0.000000313. The third-order valence-corrected chi connectivity index (χ3v) is 2.83. The molecule has 0 fully saturated rings. The van der Waals surface area contributed by atoms with Crippen LogP contribution in [0.1, 0.15) is 11.1 Å². The molecule has 0 saturated heterocycles. The zero-order chi connectivity index (χ0) is 22.0. The molecule has 0 spiro atoms. The van der Waals surface area contributed by atoms with Gasteiger partial charge in [-0.2, -0.15) is 0 Å². The predicted octanol–water partition coefficient (Wildman–Crippen LogP) is 8.01. The van der Waals surface area contributed by atoms with Crippen molar-refractivity contribution in [2.75, 3.05) is 0 Å². The first-order chi connectivity index (χ1) is 14.2. The second-order valence-electron chi connectivity index (χ2n) is 4.97. The van der Waals surface area contributed by atoms with Crippen LogP contribution >= 0.6 is 0 Å². The Kier molecular flexibility index (Phi) is 29.3. The monoisotopic (exact) mass is 392 g/mol. The van der Waals surface area contributed by atoms with Crippen molar-refractivity contribution in [2.45, 2.75) is 0 Å². The summed E-state index contributed by atoms with van der Waals surface area (Å²) in [6.07, 6.45) is 13.5. The second-order valence-corrected chi connectivity index (χ2v) is 4.97. The minimum atomic E-state index is 0. The summed E-state index contributed by atoms with van der Waals surface area (Å²) in [6, 6.07) is 23.7. The van der Waals surface area contributed by atoms with E-state index in [-0.39, 0.29) is 18.9 Å². The smallest absolute Gasteiger partial charge is 0.0902 e. The van der Waals surface area contributed by atoms with E-state index < -0.39 is 0 Å². The molecule has 3 rings (SSSR count). The fraction of sp³-hybridized carbons (Fsp3) is 0. The Morgan fingerprint density at radius 1 is 0.467 bits per heavy atom. The molecule has 2 heteroatoms. The molecule has 1 nitrogen and oxygen atoms in total. The molecule has 0 saturated carbocycles. The minimum absolute atomic E-state index is 0. The van der Waals surface area contributed by atoms with Crippen molar-refractivity contribution < 1.29 is 4.42 Å².